The van der Waals surface area contributed by atoms with Crippen molar-refractivity contribution in [3.63, 3.8) is 0 Å². The molecular weight excluding hydrogens is 372 g/mol. The summed E-state index contributed by atoms with van der Waals surface area (Å²) in [5.41, 5.74) is 1.34. The van der Waals surface area contributed by atoms with Crippen molar-refractivity contribution in [3.05, 3.63) is 0 Å². The van der Waals surface area contributed by atoms with Gasteiger partial charge >= 0.3 is 0 Å². The molecule has 6 unspecified atom stereocenters. The second-order valence-corrected chi connectivity index (χ2v) is 17.2. The van der Waals surface area contributed by atoms with E-state index in [1.807, 2.05) is 0 Å². The van der Waals surface area contributed by atoms with E-state index in [1.165, 1.54) is 38.5 Å². The zero-order chi connectivity index (χ0) is 22.0. The van der Waals surface area contributed by atoms with Crippen LogP contribution < -0.4 is 0 Å². The van der Waals surface area contributed by atoms with E-state index in [4.69, 9.17) is 4.43 Å². The van der Waals surface area contributed by atoms with Gasteiger partial charge in [0, 0.05) is 0 Å². The van der Waals surface area contributed by atoms with Gasteiger partial charge in [-0.2, -0.15) is 0 Å². The zero-order valence-corrected chi connectivity index (χ0v) is 22.0. The molecule has 0 heterocycles. The van der Waals surface area contributed by atoms with Gasteiger partial charge in [0.1, 0.15) is 6.29 Å². The molecule has 3 heteroatoms. The molecule has 170 valence electrons. The highest BCUT2D eigenvalue weighted by molar-refractivity contribution is 6.79. The Kier molecular flexibility index (Phi) is 8.64. The summed E-state index contributed by atoms with van der Waals surface area (Å²) in [6.45, 7) is 22.3. The predicted molar refractivity (Wildman–Crippen MR) is 128 cm³/mol. The van der Waals surface area contributed by atoms with Crippen molar-refractivity contribution in [3.8, 4) is 0 Å². The smallest absolute Gasteiger partial charge is 0.205 e. The first-order valence-electron chi connectivity index (χ1n) is 12.5. The van der Waals surface area contributed by atoms with Crippen molar-refractivity contribution in [1.29, 1.82) is 0 Å². The molecule has 0 saturated heterocycles. The van der Waals surface area contributed by atoms with Crippen LogP contribution in [0.5, 0.6) is 0 Å². The number of aldehydes is 1. The third-order valence-corrected chi connectivity index (χ3v) is 15.2. The van der Waals surface area contributed by atoms with Crippen LogP contribution in [0.3, 0.4) is 0 Å². The molecule has 6 atom stereocenters. The number of carbonyl (C=O) groups excluding carboxylic acids is 1. The summed E-state index contributed by atoms with van der Waals surface area (Å²) in [7, 11) is -2.28. The Morgan fingerprint density at radius 3 is 1.59 bits per heavy atom. The molecule has 2 aliphatic rings. The highest BCUT2D eigenvalue weighted by Crippen LogP contribution is 2.64. The first-order chi connectivity index (χ1) is 13.5. The fourth-order valence-corrected chi connectivity index (χ4v) is 15.2. The first-order valence-corrected chi connectivity index (χ1v) is 14.6. The highest BCUT2D eigenvalue weighted by atomic mass is 28.4. The SMILES string of the molecule is CC1CCC(C(C)C)C([Si](OCC=O)(C2CC(C)CCC2C(C)C)C(C)(C)C)C1. The fraction of sp³-hybridized carbons (Fsp3) is 0.962. The largest absolute Gasteiger partial charge is 0.409 e. The topological polar surface area (TPSA) is 26.3 Å². The van der Waals surface area contributed by atoms with Gasteiger partial charge < -0.3 is 9.22 Å². The van der Waals surface area contributed by atoms with Crippen molar-refractivity contribution in [2.75, 3.05) is 6.61 Å². The van der Waals surface area contributed by atoms with Crippen molar-refractivity contribution >= 4 is 14.6 Å². The highest BCUT2D eigenvalue weighted by Gasteiger charge is 2.62. The molecule has 2 aliphatic carbocycles. The van der Waals surface area contributed by atoms with E-state index in [1.54, 1.807) is 0 Å². The second kappa shape index (κ2) is 9.98. The van der Waals surface area contributed by atoms with E-state index in [0.29, 0.717) is 29.5 Å². The summed E-state index contributed by atoms with van der Waals surface area (Å²) in [6.07, 6.45) is 9.04. The third kappa shape index (κ3) is 5.19. The second-order valence-electron chi connectivity index (χ2n) is 12.4. The van der Waals surface area contributed by atoms with Crippen molar-refractivity contribution in [1.82, 2.24) is 0 Å². The lowest BCUT2D eigenvalue weighted by atomic mass is 9.76. The third-order valence-electron chi connectivity index (χ3n) is 8.71. The molecule has 0 radical (unpaired) electrons. The number of rotatable bonds is 7. The van der Waals surface area contributed by atoms with E-state index in [-0.39, 0.29) is 5.04 Å². The van der Waals surface area contributed by atoms with E-state index >= 15 is 0 Å². The lowest BCUT2D eigenvalue weighted by Crippen LogP contribution is -2.61. The molecule has 2 saturated carbocycles. The minimum absolute atomic E-state index is 0.139. The average molecular weight is 423 g/mol. The summed E-state index contributed by atoms with van der Waals surface area (Å²) in [4.78, 5) is 11.6. The maximum Gasteiger partial charge on any atom is 0.205 e. The maximum absolute atomic E-state index is 11.6. The zero-order valence-electron chi connectivity index (χ0n) is 21.0. The molecule has 2 rings (SSSR count). The molecule has 0 amide bonds. The molecule has 0 aromatic rings. The number of carbonyl (C=O) groups is 1. The van der Waals surface area contributed by atoms with E-state index in [2.05, 4.69) is 62.3 Å². The maximum atomic E-state index is 11.6. The summed E-state index contributed by atoms with van der Waals surface area (Å²) < 4.78 is 7.05. The van der Waals surface area contributed by atoms with Crippen molar-refractivity contribution < 1.29 is 9.22 Å². The summed E-state index contributed by atoms with van der Waals surface area (Å²) in [5, 5.41) is 0.139. The van der Waals surface area contributed by atoms with Crippen LogP contribution in [0.1, 0.15) is 101 Å². The van der Waals surface area contributed by atoms with Gasteiger partial charge in [-0.3, -0.25) is 0 Å². The standard InChI is InChI=1S/C26H50O2Si/c1-18(2)22-12-10-20(5)16-24(22)29(26(7,8)9,28-15-14-27)25-17-21(6)11-13-23(25)19(3)4/h14,18-25H,10-13,15-17H2,1-9H3. The number of hydrogen-bond acceptors (Lipinski definition) is 2. The van der Waals surface area contributed by atoms with Gasteiger partial charge in [0.15, 0.2) is 0 Å². The van der Waals surface area contributed by atoms with Crippen molar-refractivity contribution in [2.24, 2.45) is 35.5 Å². The van der Waals surface area contributed by atoms with Crippen LogP contribution in [0.25, 0.3) is 0 Å². The van der Waals surface area contributed by atoms with Crippen LogP contribution in [0.15, 0.2) is 0 Å². The van der Waals surface area contributed by atoms with E-state index in [0.717, 1.165) is 30.0 Å². The van der Waals surface area contributed by atoms with E-state index < -0.39 is 8.32 Å². The van der Waals surface area contributed by atoms with Crippen LogP contribution in [0, 0.1) is 35.5 Å². The Morgan fingerprint density at radius 2 is 1.28 bits per heavy atom. The summed E-state index contributed by atoms with van der Waals surface area (Å²) in [6, 6.07) is 0. The minimum atomic E-state index is -2.28. The van der Waals surface area contributed by atoms with Gasteiger partial charge in [0.25, 0.3) is 0 Å². The van der Waals surface area contributed by atoms with Crippen LogP contribution in [-0.4, -0.2) is 21.2 Å². The monoisotopic (exact) mass is 422 g/mol. The fourth-order valence-electron chi connectivity index (χ4n) is 7.38. The summed E-state index contributed by atoms with van der Waals surface area (Å²) >= 11 is 0. The lowest BCUT2D eigenvalue weighted by molar-refractivity contribution is -0.110. The molecule has 0 spiro atoms. The van der Waals surface area contributed by atoms with Gasteiger partial charge in [-0.15, -0.1) is 0 Å². The van der Waals surface area contributed by atoms with Gasteiger partial charge in [0.2, 0.25) is 8.32 Å². The van der Waals surface area contributed by atoms with Gasteiger partial charge in [0.05, 0.1) is 6.61 Å². The van der Waals surface area contributed by atoms with Crippen LogP contribution >= 0.6 is 0 Å². The first kappa shape index (κ1) is 25.1. The quantitative estimate of drug-likeness (QED) is 0.308. The normalized spacial score (nSPS) is 36.2. The summed E-state index contributed by atoms with van der Waals surface area (Å²) in [5.74, 6) is 4.44. The molecule has 0 aromatic carbocycles. The molecule has 0 bridgehead atoms. The van der Waals surface area contributed by atoms with Gasteiger partial charge in [-0.05, 0) is 77.3 Å². The predicted octanol–water partition coefficient (Wildman–Crippen LogP) is 7.87. The molecular formula is C26H50O2Si. The Bertz CT molecular complexity index is 489. The number of hydrogen-bond donors (Lipinski definition) is 0. The molecule has 2 nitrogen and oxygen atoms in total. The Hall–Kier alpha value is -0.153. The molecule has 0 aliphatic heterocycles. The van der Waals surface area contributed by atoms with Crippen molar-refractivity contribution in [2.45, 2.75) is 117 Å². The Morgan fingerprint density at radius 1 is 0.862 bits per heavy atom. The molecule has 0 aromatic heterocycles. The Balaban J connectivity index is 2.66. The van der Waals surface area contributed by atoms with Crippen LogP contribution in [-0.2, 0) is 9.22 Å². The average Bonchev–Trinajstić information content (AvgIpc) is 2.61. The van der Waals surface area contributed by atoms with Gasteiger partial charge in [-0.25, -0.2) is 0 Å². The lowest BCUT2D eigenvalue weighted by Gasteiger charge is -2.59. The molecule has 29 heavy (non-hydrogen) atoms. The molecule has 0 N–H and O–H groups in total. The van der Waals surface area contributed by atoms with E-state index in [9.17, 15) is 4.79 Å². The van der Waals surface area contributed by atoms with Crippen LogP contribution in [0.2, 0.25) is 16.1 Å². The van der Waals surface area contributed by atoms with Crippen LogP contribution in [0.4, 0.5) is 0 Å². The minimum Gasteiger partial charge on any atom is -0.409 e. The molecule has 2 fully saturated rings. The Labute approximate surface area is 183 Å². The van der Waals surface area contributed by atoms with Gasteiger partial charge in [-0.1, -0.05) is 75.2 Å².